The molecule has 2 aromatic carbocycles. The van der Waals surface area contributed by atoms with Gasteiger partial charge in [0.05, 0.1) is 4.90 Å². The highest BCUT2D eigenvalue weighted by Crippen LogP contribution is 2.26. The summed E-state index contributed by atoms with van der Waals surface area (Å²) in [6, 6.07) is 10.9. The monoisotopic (exact) mass is 379 g/mol. The van der Waals surface area contributed by atoms with Gasteiger partial charge in [-0.15, -0.1) is 0 Å². The fourth-order valence-electron chi connectivity index (χ4n) is 2.48. The van der Waals surface area contributed by atoms with Gasteiger partial charge in [0.2, 0.25) is 10.0 Å². The number of imidazole rings is 1. The summed E-state index contributed by atoms with van der Waals surface area (Å²) in [5.41, 5.74) is 0.183. The van der Waals surface area contributed by atoms with Crippen LogP contribution in [-0.4, -0.2) is 18.0 Å². The highest BCUT2D eigenvalue weighted by atomic mass is 35.5. The van der Waals surface area contributed by atoms with E-state index in [9.17, 15) is 12.8 Å². The van der Waals surface area contributed by atoms with Crippen molar-refractivity contribution in [3.05, 3.63) is 83.2 Å². The van der Waals surface area contributed by atoms with Crippen LogP contribution in [0, 0.1) is 5.82 Å². The van der Waals surface area contributed by atoms with Crippen molar-refractivity contribution >= 4 is 21.6 Å². The SMILES string of the molecule is Cn1ccnc1C(NS(=O)(=O)c1cccc(Cl)c1)c1ccccc1F. The first-order valence-corrected chi connectivity index (χ1v) is 9.24. The maximum absolute atomic E-state index is 14.3. The maximum Gasteiger partial charge on any atom is 0.241 e. The molecule has 1 atom stereocenters. The van der Waals surface area contributed by atoms with Crippen molar-refractivity contribution < 1.29 is 12.8 Å². The Bertz CT molecular complexity index is 1000. The first kappa shape index (κ1) is 17.6. The molecule has 0 aliphatic rings. The van der Waals surface area contributed by atoms with Gasteiger partial charge >= 0.3 is 0 Å². The zero-order valence-electron chi connectivity index (χ0n) is 13.2. The number of aryl methyl sites for hydroxylation is 1. The van der Waals surface area contributed by atoms with E-state index < -0.39 is 21.9 Å². The van der Waals surface area contributed by atoms with Gasteiger partial charge in [-0.3, -0.25) is 0 Å². The molecule has 1 heterocycles. The molecule has 0 amide bonds. The number of hydrogen-bond acceptors (Lipinski definition) is 3. The van der Waals surface area contributed by atoms with Crippen molar-refractivity contribution in [1.29, 1.82) is 0 Å². The van der Waals surface area contributed by atoms with E-state index in [1.165, 1.54) is 36.5 Å². The van der Waals surface area contributed by atoms with Gasteiger partial charge in [0, 0.05) is 30.0 Å². The molecule has 8 heteroatoms. The Morgan fingerprint density at radius 3 is 2.60 bits per heavy atom. The normalized spacial score (nSPS) is 12.9. The van der Waals surface area contributed by atoms with Gasteiger partial charge in [-0.05, 0) is 24.3 Å². The third-order valence-corrected chi connectivity index (χ3v) is 5.37. The predicted molar refractivity (Wildman–Crippen MR) is 93.2 cm³/mol. The van der Waals surface area contributed by atoms with Crippen LogP contribution < -0.4 is 4.72 Å². The van der Waals surface area contributed by atoms with Gasteiger partial charge < -0.3 is 4.57 Å². The summed E-state index contributed by atoms with van der Waals surface area (Å²) >= 11 is 5.89. The molecule has 25 heavy (non-hydrogen) atoms. The molecule has 0 saturated carbocycles. The van der Waals surface area contributed by atoms with Crippen LogP contribution in [0.1, 0.15) is 17.4 Å². The Morgan fingerprint density at radius 2 is 1.96 bits per heavy atom. The van der Waals surface area contributed by atoms with Crippen LogP contribution >= 0.6 is 11.6 Å². The molecule has 1 unspecified atom stereocenters. The van der Waals surface area contributed by atoms with Crippen molar-refractivity contribution in [2.45, 2.75) is 10.9 Å². The fraction of sp³-hybridized carbons (Fsp3) is 0.118. The summed E-state index contributed by atoms with van der Waals surface area (Å²) in [4.78, 5) is 4.17. The van der Waals surface area contributed by atoms with E-state index in [4.69, 9.17) is 11.6 Å². The number of aromatic nitrogens is 2. The van der Waals surface area contributed by atoms with Crippen molar-refractivity contribution in [1.82, 2.24) is 14.3 Å². The van der Waals surface area contributed by atoms with Crippen LogP contribution in [0.15, 0.2) is 65.8 Å². The summed E-state index contributed by atoms with van der Waals surface area (Å²) in [5, 5.41) is 0.294. The fourth-order valence-corrected chi connectivity index (χ4v) is 3.95. The minimum Gasteiger partial charge on any atom is -0.336 e. The van der Waals surface area contributed by atoms with Crippen LogP contribution in [0.5, 0.6) is 0 Å². The Labute approximate surface area is 150 Å². The quantitative estimate of drug-likeness (QED) is 0.739. The molecule has 0 bridgehead atoms. The van der Waals surface area contributed by atoms with Gasteiger partial charge in [-0.2, -0.15) is 4.72 Å². The molecule has 0 aliphatic heterocycles. The molecular formula is C17H15ClFN3O2S. The molecule has 1 N–H and O–H groups in total. The number of benzene rings is 2. The molecule has 3 aromatic rings. The number of nitrogens with zero attached hydrogens (tertiary/aromatic N) is 2. The van der Waals surface area contributed by atoms with Gasteiger partial charge in [-0.25, -0.2) is 17.8 Å². The van der Waals surface area contributed by atoms with Crippen LogP contribution in [-0.2, 0) is 17.1 Å². The molecule has 5 nitrogen and oxygen atoms in total. The Balaban J connectivity index is 2.07. The molecule has 3 rings (SSSR count). The average Bonchev–Trinajstić information content (AvgIpc) is 2.99. The lowest BCUT2D eigenvalue weighted by Crippen LogP contribution is -2.31. The third kappa shape index (κ3) is 3.73. The second-order valence-electron chi connectivity index (χ2n) is 5.43. The molecule has 0 spiro atoms. The lowest BCUT2D eigenvalue weighted by Gasteiger charge is -2.19. The topological polar surface area (TPSA) is 64.0 Å². The van der Waals surface area contributed by atoms with Crippen LogP contribution in [0.3, 0.4) is 0 Å². The third-order valence-electron chi connectivity index (χ3n) is 3.71. The van der Waals surface area contributed by atoms with E-state index in [0.29, 0.717) is 10.8 Å². The Kier molecular flexibility index (Phi) is 4.89. The van der Waals surface area contributed by atoms with Gasteiger partial charge in [0.1, 0.15) is 17.7 Å². The van der Waals surface area contributed by atoms with E-state index in [1.807, 2.05) is 0 Å². The molecule has 0 saturated heterocycles. The molecule has 0 fully saturated rings. The van der Waals surface area contributed by atoms with E-state index in [1.54, 1.807) is 36.0 Å². The predicted octanol–water partition coefficient (Wildman–Crippen LogP) is 3.28. The summed E-state index contributed by atoms with van der Waals surface area (Å²) in [5.74, 6) is -0.153. The maximum atomic E-state index is 14.3. The number of rotatable bonds is 5. The Morgan fingerprint density at radius 1 is 1.20 bits per heavy atom. The molecular weight excluding hydrogens is 365 g/mol. The summed E-state index contributed by atoms with van der Waals surface area (Å²) < 4.78 is 44.0. The van der Waals surface area contributed by atoms with Crippen LogP contribution in [0.25, 0.3) is 0 Å². The lowest BCUT2D eigenvalue weighted by molar-refractivity contribution is 0.545. The highest BCUT2D eigenvalue weighted by molar-refractivity contribution is 7.89. The standard InChI is InChI=1S/C17H15ClFN3O2S/c1-22-10-9-20-17(22)16(14-7-2-3-8-15(14)19)21-25(23,24)13-6-4-5-12(18)11-13/h2-11,16,21H,1H3. The zero-order chi connectivity index (χ0) is 18.0. The minimum atomic E-state index is -3.94. The summed E-state index contributed by atoms with van der Waals surface area (Å²) in [6.45, 7) is 0. The lowest BCUT2D eigenvalue weighted by atomic mass is 10.1. The van der Waals surface area contributed by atoms with E-state index >= 15 is 0 Å². The van der Waals surface area contributed by atoms with Crippen LogP contribution in [0.4, 0.5) is 4.39 Å². The number of sulfonamides is 1. The summed E-state index contributed by atoms with van der Waals surface area (Å²) in [7, 11) is -2.23. The first-order valence-electron chi connectivity index (χ1n) is 7.38. The van der Waals surface area contributed by atoms with E-state index in [-0.39, 0.29) is 10.5 Å². The van der Waals surface area contributed by atoms with Gasteiger partial charge in [0.25, 0.3) is 0 Å². The van der Waals surface area contributed by atoms with E-state index in [2.05, 4.69) is 9.71 Å². The molecule has 1 aromatic heterocycles. The van der Waals surface area contributed by atoms with Gasteiger partial charge in [0.15, 0.2) is 0 Å². The smallest absolute Gasteiger partial charge is 0.241 e. The zero-order valence-corrected chi connectivity index (χ0v) is 14.8. The van der Waals surface area contributed by atoms with Crippen molar-refractivity contribution in [2.75, 3.05) is 0 Å². The number of hydrogen-bond donors (Lipinski definition) is 1. The minimum absolute atomic E-state index is 0.00412. The molecule has 0 radical (unpaired) electrons. The van der Waals surface area contributed by atoms with Gasteiger partial charge in [-0.1, -0.05) is 35.9 Å². The van der Waals surface area contributed by atoms with Crippen molar-refractivity contribution in [3.63, 3.8) is 0 Å². The summed E-state index contributed by atoms with van der Waals surface area (Å²) in [6.07, 6.45) is 3.19. The van der Waals surface area contributed by atoms with Crippen molar-refractivity contribution in [2.24, 2.45) is 7.05 Å². The highest BCUT2D eigenvalue weighted by Gasteiger charge is 2.27. The molecule has 0 aliphatic carbocycles. The largest absolute Gasteiger partial charge is 0.336 e. The average molecular weight is 380 g/mol. The van der Waals surface area contributed by atoms with E-state index in [0.717, 1.165) is 0 Å². The second kappa shape index (κ2) is 6.95. The number of halogens is 2. The molecule has 130 valence electrons. The van der Waals surface area contributed by atoms with Crippen LogP contribution in [0.2, 0.25) is 5.02 Å². The second-order valence-corrected chi connectivity index (χ2v) is 7.58. The number of nitrogens with one attached hydrogen (secondary N) is 1. The Hall–Kier alpha value is -2.22. The van der Waals surface area contributed by atoms with Crippen molar-refractivity contribution in [3.8, 4) is 0 Å². The first-order chi connectivity index (χ1) is 11.9.